The van der Waals surface area contributed by atoms with Gasteiger partial charge in [-0.2, -0.15) is 0 Å². The molecule has 0 bridgehead atoms. The van der Waals surface area contributed by atoms with Crippen molar-refractivity contribution in [2.75, 3.05) is 0 Å². The Balaban J connectivity index is 2.29. The maximum absolute atomic E-state index is 11.7. The van der Waals surface area contributed by atoms with Crippen molar-refractivity contribution in [1.82, 2.24) is 10.2 Å². The van der Waals surface area contributed by atoms with Crippen LogP contribution in [-0.2, 0) is 9.59 Å². The molecule has 2 aliphatic rings. The van der Waals surface area contributed by atoms with Crippen LogP contribution in [0, 0.1) is 0 Å². The van der Waals surface area contributed by atoms with Crippen molar-refractivity contribution in [2.24, 2.45) is 5.73 Å². The number of hydrogen-bond donors (Lipinski definition) is 2. The van der Waals surface area contributed by atoms with Gasteiger partial charge in [-0.15, -0.1) is 11.8 Å². The lowest BCUT2D eigenvalue weighted by Gasteiger charge is -2.51. The van der Waals surface area contributed by atoms with Crippen LogP contribution in [0.4, 0.5) is 0 Å². The predicted octanol–water partition coefficient (Wildman–Crippen LogP) is -0.530. The summed E-state index contributed by atoms with van der Waals surface area (Å²) in [6.07, 6.45) is 0.533. The SMILES string of the molecule is CC1N2C(=O)C(NC=O)C2(N)SC1(C)C. The number of fused-ring (bicyclic) bond motifs is 1. The number of nitrogens with one attached hydrogen (secondary N) is 1. The number of nitrogens with two attached hydrogens (primary N) is 1. The molecule has 2 rings (SSSR count). The highest BCUT2D eigenvalue weighted by molar-refractivity contribution is 8.02. The number of carbonyl (C=O) groups is 2. The van der Waals surface area contributed by atoms with Gasteiger partial charge >= 0.3 is 0 Å². The molecule has 0 saturated carbocycles. The van der Waals surface area contributed by atoms with E-state index in [0.29, 0.717) is 6.41 Å². The zero-order chi connectivity index (χ0) is 11.4. The quantitative estimate of drug-likeness (QED) is 0.493. The Morgan fingerprint density at radius 2 is 2.20 bits per heavy atom. The number of amides is 2. The molecule has 2 amide bonds. The largest absolute Gasteiger partial charge is 0.343 e. The highest BCUT2D eigenvalue weighted by Crippen LogP contribution is 2.55. The first-order chi connectivity index (χ1) is 6.84. The van der Waals surface area contributed by atoms with Gasteiger partial charge in [-0.1, -0.05) is 0 Å². The lowest BCUT2D eigenvalue weighted by atomic mass is 9.95. The first-order valence-corrected chi connectivity index (χ1v) is 5.68. The number of nitrogens with zero attached hydrogens (tertiary/aromatic N) is 1. The van der Waals surface area contributed by atoms with Gasteiger partial charge in [-0.25, -0.2) is 0 Å². The number of rotatable bonds is 2. The van der Waals surface area contributed by atoms with Gasteiger partial charge in [0.05, 0.1) is 0 Å². The van der Waals surface area contributed by atoms with Crippen LogP contribution in [-0.4, -0.2) is 39.0 Å². The van der Waals surface area contributed by atoms with Gasteiger partial charge in [0.15, 0.2) is 11.0 Å². The van der Waals surface area contributed by atoms with E-state index >= 15 is 0 Å². The third kappa shape index (κ3) is 1.15. The number of carbonyl (C=O) groups excluding carboxylic acids is 2. The average molecular weight is 229 g/mol. The van der Waals surface area contributed by atoms with Gasteiger partial charge in [-0.05, 0) is 20.8 Å². The third-order valence-electron chi connectivity index (χ3n) is 3.33. The summed E-state index contributed by atoms with van der Waals surface area (Å²) in [7, 11) is 0. The fourth-order valence-electron chi connectivity index (χ4n) is 2.24. The highest BCUT2D eigenvalue weighted by Gasteiger charge is 2.68. The summed E-state index contributed by atoms with van der Waals surface area (Å²) in [5.41, 5.74) is 6.14. The van der Waals surface area contributed by atoms with Crippen molar-refractivity contribution in [3.05, 3.63) is 0 Å². The topological polar surface area (TPSA) is 75.4 Å². The van der Waals surface area contributed by atoms with Crippen LogP contribution < -0.4 is 11.1 Å². The highest BCUT2D eigenvalue weighted by atomic mass is 32.2. The van der Waals surface area contributed by atoms with E-state index in [2.05, 4.69) is 19.2 Å². The normalized spacial score (nSPS) is 42.1. The zero-order valence-electron chi connectivity index (χ0n) is 8.98. The van der Waals surface area contributed by atoms with Crippen LogP contribution in [0.3, 0.4) is 0 Å². The molecule has 2 fully saturated rings. The van der Waals surface area contributed by atoms with Crippen LogP contribution in [0.1, 0.15) is 20.8 Å². The monoisotopic (exact) mass is 229 g/mol. The van der Waals surface area contributed by atoms with Gasteiger partial charge in [-0.3, -0.25) is 15.3 Å². The van der Waals surface area contributed by atoms with E-state index in [4.69, 9.17) is 5.73 Å². The molecule has 15 heavy (non-hydrogen) atoms. The molecule has 2 heterocycles. The standard InChI is InChI=1S/C9H15N3O2S/c1-5-8(2,3)15-9(10)6(11-4-13)7(14)12(5)9/h4-6H,10H2,1-3H3,(H,11,13). The molecule has 3 N–H and O–H groups in total. The van der Waals surface area contributed by atoms with Crippen molar-refractivity contribution < 1.29 is 9.59 Å². The lowest BCUT2D eigenvalue weighted by Crippen LogP contribution is -2.80. The van der Waals surface area contributed by atoms with Gasteiger partial charge in [0.25, 0.3) is 5.91 Å². The summed E-state index contributed by atoms with van der Waals surface area (Å²) in [4.78, 5) is 23.0. The van der Waals surface area contributed by atoms with E-state index in [1.807, 2.05) is 6.92 Å². The Labute approximate surface area is 92.7 Å². The van der Waals surface area contributed by atoms with Crippen molar-refractivity contribution in [1.29, 1.82) is 0 Å². The molecule has 2 saturated heterocycles. The summed E-state index contributed by atoms with van der Waals surface area (Å²) >= 11 is 1.54. The molecule has 3 atom stereocenters. The molecule has 0 spiro atoms. The van der Waals surface area contributed by atoms with E-state index in [1.165, 1.54) is 0 Å². The molecule has 0 radical (unpaired) electrons. The molecule has 6 heteroatoms. The first kappa shape index (κ1) is 10.8. The Morgan fingerprint density at radius 1 is 1.60 bits per heavy atom. The molecule has 84 valence electrons. The van der Waals surface area contributed by atoms with Crippen molar-refractivity contribution in [3.63, 3.8) is 0 Å². The molecule has 3 unspecified atom stereocenters. The van der Waals surface area contributed by atoms with E-state index in [0.717, 1.165) is 0 Å². The van der Waals surface area contributed by atoms with E-state index < -0.39 is 11.0 Å². The van der Waals surface area contributed by atoms with Gasteiger partial charge in [0.2, 0.25) is 6.41 Å². The van der Waals surface area contributed by atoms with Gasteiger partial charge < -0.3 is 10.2 Å². The zero-order valence-corrected chi connectivity index (χ0v) is 9.80. The number of hydrogen-bond acceptors (Lipinski definition) is 4. The Hall–Kier alpha value is -0.750. The van der Waals surface area contributed by atoms with Gasteiger partial charge in [0.1, 0.15) is 0 Å². The summed E-state index contributed by atoms with van der Waals surface area (Å²) in [5.74, 6) is -0.0878. The number of β-lactam (4-membered cyclic amide) rings is 1. The minimum Gasteiger partial charge on any atom is -0.343 e. The Kier molecular flexibility index (Phi) is 2.07. The summed E-state index contributed by atoms with van der Waals surface area (Å²) < 4.78 is -0.0796. The minimum absolute atomic E-state index is 0.0796. The van der Waals surface area contributed by atoms with E-state index in [-0.39, 0.29) is 16.7 Å². The third-order valence-corrected chi connectivity index (χ3v) is 4.96. The van der Waals surface area contributed by atoms with Crippen molar-refractivity contribution >= 4 is 24.1 Å². The Morgan fingerprint density at radius 3 is 2.73 bits per heavy atom. The lowest BCUT2D eigenvalue weighted by molar-refractivity contribution is -0.157. The summed E-state index contributed by atoms with van der Waals surface area (Å²) in [5, 5.41) is 2.48. The second-order valence-corrected chi connectivity index (χ2v) is 6.47. The van der Waals surface area contributed by atoms with Gasteiger partial charge in [0, 0.05) is 10.8 Å². The maximum atomic E-state index is 11.7. The fraction of sp³-hybridized carbons (Fsp3) is 0.778. The average Bonchev–Trinajstić information content (AvgIpc) is 2.28. The van der Waals surface area contributed by atoms with Crippen LogP contribution >= 0.6 is 11.8 Å². The molecule has 0 aromatic carbocycles. The Bertz CT molecular complexity index is 333. The molecule has 0 aromatic rings. The first-order valence-electron chi connectivity index (χ1n) is 4.86. The van der Waals surface area contributed by atoms with E-state index in [1.54, 1.807) is 16.7 Å². The second kappa shape index (κ2) is 2.89. The summed E-state index contributed by atoms with van der Waals surface area (Å²) in [6, 6.07) is -0.492. The molecular formula is C9H15N3O2S. The van der Waals surface area contributed by atoms with Crippen LogP contribution in [0.2, 0.25) is 0 Å². The van der Waals surface area contributed by atoms with Crippen molar-refractivity contribution in [3.8, 4) is 0 Å². The fourth-order valence-corrected chi connectivity index (χ4v) is 3.99. The maximum Gasteiger partial charge on any atom is 0.252 e. The van der Waals surface area contributed by atoms with Crippen LogP contribution in [0.5, 0.6) is 0 Å². The predicted molar refractivity (Wildman–Crippen MR) is 57.9 cm³/mol. The molecule has 5 nitrogen and oxygen atoms in total. The van der Waals surface area contributed by atoms with Crippen LogP contribution in [0.25, 0.3) is 0 Å². The molecule has 0 aromatic heterocycles. The molecular weight excluding hydrogens is 214 g/mol. The van der Waals surface area contributed by atoms with Crippen molar-refractivity contribution in [2.45, 2.75) is 42.6 Å². The second-order valence-electron chi connectivity index (χ2n) is 4.56. The smallest absolute Gasteiger partial charge is 0.252 e. The molecule has 0 aliphatic carbocycles. The van der Waals surface area contributed by atoms with E-state index in [9.17, 15) is 9.59 Å². The molecule has 2 aliphatic heterocycles. The number of thioether (sulfide) groups is 1. The van der Waals surface area contributed by atoms with Crippen LogP contribution in [0.15, 0.2) is 0 Å². The summed E-state index contributed by atoms with van der Waals surface area (Å²) in [6.45, 7) is 6.09. The minimum atomic E-state index is -0.763.